The molecule has 162 valence electrons. The summed E-state index contributed by atoms with van der Waals surface area (Å²) in [4.78, 5) is 22.5. The number of ether oxygens (including phenoxy) is 1. The van der Waals surface area contributed by atoms with E-state index < -0.39 is 8.38 Å². The minimum Gasteiger partial charge on any atom is -0.370 e. The number of hydrogen-bond donors (Lipinski definition) is 2. The molecule has 2 aromatic heterocycles. The molecule has 0 aliphatic rings. The standard InChI is InChI=1S/C19H26N5O4PS/c1-14-3-5-15(6-4-14)11-28-29(27-9-10-30-2)13-26-8-7-24-12-21-16-17(24)22-19(20)23-18(16)25/h3-6,12H,7-11,13H2,1-2H3,(H3,20,22,23,25). The minimum atomic E-state index is -1.17. The van der Waals surface area contributed by atoms with Gasteiger partial charge in [-0.3, -0.25) is 9.78 Å². The predicted molar refractivity (Wildman–Crippen MR) is 121 cm³/mol. The van der Waals surface area contributed by atoms with Crippen molar-refractivity contribution in [3.05, 3.63) is 52.1 Å². The van der Waals surface area contributed by atoms with E-state index in [0.717, 1.165) is 11.3 Å². The lowest BCUT2D eigenvalue weighted by atomic mass is 10.2. The van der Waals surface area contributed by atoms with Crippen LogP contribution in [-0.4, -0.2) is 51.1 Å². The van der Waals surface area contributed by atoms with E-state index in [1.807, 2.05) is 6.26 Å². The number of aryl methyl sites for hydroxylation is 1. The molecular weight excluding hydrogens is 425 g/mol. The number of nitrogen functional groups attached to an aromatic ring is 1. The largest absolute Gasteiger partial charge is 0.370 e. The Labute approximate surface area is 180 Å². The maximum atomic E-state index is 11.8. The molecule has 3 aromatic rings. The predicted octanol–water partition coefficient (Wildman–Crippen LogP) is 2.89. The maximum absolute atomic E-state index is 11.8. The highest BCUT2D eigenvalue weighted by Gasteiger charge is 2.13. The smallest absolute Gasteiger partial charge is 0.280 e. The van der Waals surface area contributed by atoms with Gasteiger partial charge in [-0.2, -0.15) is 16.7 Å². The molecule has 0 aliphatic heterocycles. The van der Waals surface area contributed by atoms with Gasteiger partial charge in [0.2, 0.25) is 5.95 Å². The van der Waals surface area contributed by atoms with Crippen molar-refractivity contribution in [3.8, 4) is 0 Å². The van der Waals surface area contributed by atoms with Crippen molar-refractivity contribution in [2.24, 2.45) is 0 Å². The Morgan fingerprint density at radius 2 is 2.03 bits per heavy atom. The van der Waals surface area contributed by atoms with Crippen LogP contribution in [0.15, 0.2) is 35.4 Å². The molecule has 30 heavy (non-hydrogen) atoms. The van der Waals surface area contributed by atoms with Crippen LogP contribution in [-0.2, 0) is 26.9 Å². The van der Waals surface area contributed by atoms with Gasteiger partial charge >= 0.3 is 0 Å². The molecule has 0 bridgehead atoms. The van der Waals surface area contributed by atoms with E-state index in [9.17, 15) is 4.79 Å². The number of benzene rings is 1. The topological polar surface area (TPSA) is 117 Å². The molecule has 0 amide bonds. The van der Waals surface area contributed by atoms with Crippen LogP contribution in [0.25, 0.3) is 11.2 Å². The van der Waals surface area contributed by atoms with E-state index in [-0.39, 0.29) is 17.0 Å². The highest BCUT2D eigenvalue weighted by molar-refractivity contribution is 7.98. The Hall–Kier alpha value is -1.97. The lowest BCUT2D eigenvalue weighted by Gasteiger charge is -2.18. The van der Waals surface area contributed by atoms with Gasteiger partial charge in [0.25, 0.3) is 5.56 Å². The van der Waals surface area contributed by atoms with Crippen LogP contribution in [0.2, 0.25) is 0 Å². The number of nitrogens with two attached hydrogens (primary N) is 1. The molecule has 3 N–H and O–H groups in total. The highest BCUT2D eigenvalue weighted by atomic mass is 32.2. The second-order valence-corrected chi connectivity index (χ2v) is 8.94. The van der Waals surface area contributed by atoms with Crippen molar-refractivity contribution >= 4 is 37.2 Å². The Morgan fingerprint density at radius 3 is 2.80 bits per heavy atom. The van der Waals surface area contributed by atoms with Crippen molar-refractivity contribution in [2.75, 3.05) is 37.3 Å². The zero-order chi connectivity index (χ0) is 21.3. The van der Waals surface area contributed by atoms with Gasteiger partial charge in [0.05, 0.1) is 26.1 Å². The fraction of sp³-hybridized carbons (Fsp3) is 0.421. The third kappa shape index (κ3) is 6.52. The first-order valence-corrected chi connectivity index (χ1v) is 12.2. The molecule has 9 nitrogen and oxygen atoms in total. The normalized spacial score (nSPS) is 12.5. The monoisotopic (exact) mass is 451 g/mol. The Kier molecular flexibility index (Phi) is 8.65. The van der Waals surface area contributed by atoms with Crippen LogP contribution in [0, 0.1) is 6.92 Å². The summed E-state index contributed by atoms with van der Waals surface area (Å²) >= 11 is 1.72. The number of hydrogen-bond acceptors (Lipinski definition) is 8. The van der Waals surface area contributed by atoms with Crippen molar-refractivity contribution in [3.63, 3.8) is 0 Å². The zero-order valence-electron chi connectivity index (χ0n) is 17.0. The summed E-state index contributed by atoms with van der Waals surface area (Å²) in [6.45, 7) is 4.03. The fourth-order valence-corrected chi connectivity index (χ4v) is 4.06. The highest BCUT2D eigenvalue weighted by Crippen LogP contribution is 2.39. The Bertz CT molecular complexity index is 995. The van der Waals surface area contributed by atoms with Gasteiger partial charge in [-0.25, -0.2) is 4.98 Å². The molecule has 0 fully saturated rings. The zero-order valence-corrected chi connectivity index (χ0v) is 18.7. The molecule has 1 atom stereocenters. The first-order chi connectivity index (χ1) is 14.6. The summed E-state index contributed by atoms with van der Waals surface area (Å²) in [6, 6.07) is 8.23. The quantitative estimate of drug-likeness (QED) is 0.319. The second-order valence-electron chi connectivity index (χ2n) is 6.52. The van der Waals surface area contributed by atoms with Gasteiger partial charge in [-0.05, 0) is 18.7 Å². The Balaban J connectivity index is 1.51. The average Bonchev–Trinajstić information content (AvgIpc) is 3.13. The minimum absolute atomic E-state index is 0.0605. The third-order valence-electron chi connectivity index (χ3n) is 4.18. The molecule has 0 aliphatic carbocycles. The summed E-state index contributed by atoms with van der Waals surface area (Å²) in [5, 5.41) is 0. The van der Waals surface area contributed by atoms with Crippen molar-refractivity contribution < 1.29 is 13.8 Å². The summed E-state index contributed by atoms with van der Waals surface area (Å²) in [7, 11) is -1.17. The van der Waals surface area contributed by atoms with Gasteiger partial charge in [0.1, 0.15) is 6.35 Å². The number of anilines is 1. The first kappa shape index (κ1) is 22.7. The van der Waals surface area contributed by atoms with Crippen LogP contribution in [0.1, 0.15) is 11.1 Å². The number of thioether (sulfide) groups is 1. The number of aromatic nitrogens is 4. The second kappa shape index (κ2) is 11.4. The number of fused-ring (bicyclic) bond motifs is 1. The van der Waals surface area contributed by atoms with Crippen molar-refractivity contribution in [1.29, 1.82) is 0 Å². The Morgan fingerprint density at radius 1 is 1.23 bits per heavy atom. The molecule has 0 radical (unpaired) electrons. The van der Waals surface area contributed by atoms with Crippen LogP contribution in [0.4, 0.5) is 5.95 Å². The van der Waals surface area contributed by atoms with Gasteiger partial charge < -0.3 is 24.1 Å². The molecule has 2 heterocycles. The van der Waals surface area contributed by atoms with E-state index >= 15 is 0 Å². The summed E-state index contributed by atoms with van der Waals surface area (Å²) < 4.78 is 19.4. The van der Waals surface area contributed by atoms with Gasteiger partial charge in [0, 0.05) is 12.3 Å². The fourth-order valence-electron chi connectivity index (χ4n) is 2.60. The third-order valence-corrected chi connectivity index (χ3v) is 6.04. The molecule has 0 saturated carbocycles. The maximum Gasteiger partial charge on any atom is 0.280 e. The number of imidazole rings is 1. The molecular formula is C19H26N5O4PS. The van der Waals surface area contributed by atoms with E-state index in [1.165, 1.54) is 5.56 Å². The van der Waals surface area contributed by atoms with Crippen LogP contribution < -0.4 is 11.3 Å². The number of H-pyrrole nitrogens is 1. The molecule has 0 saturated heterocycles. The van der Waals surface area contributed by atoms with Gasteiger partial charge in [-0.1, -0.05) is 29.8 Å². The van der Waals surface area contributed by atoms with Crippen molar-refractivity contribution in [1.82, 2.24) is 19.5 Å². The van der Waals surface area contributed by atoms with E-state index in [0.29, 0.717) is 38.4 Å². The summed E-state index contributed by atoms with van der Waals surface area (Å²) in [5.74, 6) is 0.959. The molecule has 0 spiro atoms. The summed E-state index contributed by atoms with van der Waals surface area (Å²) in [6.07, 6.45) is 3.95. The van der Waals surface area contributed by atoms with E-state index in [4.69, 9.17) is 19.5 Å². The van der Waals surface area contributed by atoms with Crippen LogP contribution >= 0.6 is 20.1 Å². The lowest BCUT2D eigenvalue weighted by Crippen LogP contribution is -2.13. The first-order valence-electron chi connectivity index (χ1n) is 9.43. The lowest BCUT2D eigenvalue weighted by molar-refractivity contribution is 0.142. The molecule has 3 rings (SSSR count). The summed E-state index contributed by atoms with van der Waals surface area (Å²) in [5.41, 5.74) is 8.28. The molecule has 1 unspecified atom stereocenters. The van der Waals surface area contributed by atoms with E-state index in [1.54, 1.807) is 22.7 Å². The van der Waals surface area contributed by atoms with Crippen molar-refractivity contribution in [2.45, 2.75) is 20.1 Å². The number of nitrogens with zero attached hydrogens (tertiary/aromatic N) is 3. The number of aromatic amines is 1. The van der Waals surface area contributed by atoms with E-state index in [2.05, 4.69) is 46.1 Å². The van der Waals surface area contributed by atoms with Gasteiger partial charge in [-0.15, -0.1) is 0 Å². The van der Waals surface area contributed by atoms with Crippen LogP contribution in [0.3, 0.4) is 0 Å². The SMILES string of the molecule is CSCCOP(COCCn1cnc2c(=O)[nH]c(N)nc21)OCc1ccc(C)cc1. The van der Waals surface area contributed by atoms with Gasteiger partial charge in [0.15, 0.2) is 19.5 Å². The molecule has 11 heteroatoms. The number of rotatable bonds is 12. The molecule has 1 aromatic carbocycles. The van der Waals surface area contributed by atoms with Crippen LogP contribution in [0.5, 0.6) is 0 Å². The number of nitrogens with one attached hydrogen (secondary N) is 1. The average molecular weight is 451 g/mol.